The molecule has 3 aromatic carbocycles. The molecule has 0 aliphatic heterocycles. The number of rotatable bonds is 5. The van der Waals surface area contributed by atoms with Gasteiger partial charge in [-0.15, -0.1) is 0 Å². The first-order valence-corrected chi connectivity index (χ1v) is 9.99. The molecular weight excluding hydrogens is 376 g/mol. The normalized spacial score (nSPS) is 10.9. The summed E-state index contributed by atoms with van der Waals surface area (Å²) in [6, 6.07) is 19.5. The third kappa shape index (κ3) is 4.89. The highest BCUT2D eigenvalue weighted by Gasteiger charge is 2.16. The van der Waals surface area contributed by atoms with Gasteiger partial charge in [0.1, 0.15) is 10.6 Å². The summed E-state index contributed by atoms with van der Waals surface area (Å²) < 4.78 is 30.0. The Kier molecular flexibility index (Phi) is 5.65. The summed E-state index contributed by atoms with van der Waals surface area (Å²) in [7, 11) is -3.96. The molecule has 144 valence electrons. The molecule has 3 rings (SSSR count). The van der Waals surface area contributed by atoms with E-state index in [1.54, 1.807) is 30.3 Å². The quantitative estimate of drug-likeness (QED) is 0.612. The predicted octanol–water partition coefficient (Wildman–Crippen LogP) is 4.72. The molecule has 28 heavy (non-hydrogen) atoms. The fourth-order valence-corrected chi connectivity index (χ4v) is 3.43. The first kappa shape index (κ1) is 19.4. The van der Waals surface area contributed by atoms with Gasteiger partial charge in [-0.2, -0.15) is 8.42 Å². The Hall–Kier alpha value is -3.32. The van der Waals surface area contributed by atoms with Crippen molar-refractivity contribution in [3.05, 3.63) is 83.9 Å². The largest absolute Gasteiger partial charge is 0.379 e. The van der Waals surface area contributed by atoms with Crippen LogP contribution in [0.2, 0.25) is 0 Å². The minimum Gasteiger partial charge on any atom is -0.379 e. The van der Waals surface area contributed by atoms with E-state index in [-0.39, 0.29) is 10.6 Å². The van der Waals surface area contributed by atoms with E-state index >= 15 is 0 Å². The Balaban J connectivity index is 1.71. The number of nitrogens with one attached hydrogen (secondary N) is 2. The molecule has 0 bridgehead atoms. The van der Waals surface area contributed by atoms with Gasteiger partial charge in [-0.1, -0.05) is 42.0 Å². The Morgan fingerprint density at radius 2 is 1.57 bits per heavy atom. The van der Waals surface area contributed by atoms with Crippen LogP contribution in [0.5, 0.6) is 5.75 Å². The summed E-state index contributed by atoms with van der Waals surface area (Å²) in [5, 5.41) is 5.41. The Morgan fingerprint density at radius 1 is 0.857 bits per heavy atom. The van der Waals surface area contributed by atoms with Crippen molar-refractivity contribution >= 4 is 27.5 Å². The minimum absolute atomic E-state index is 0.0637. The van der Waals surface area contributed by atoms with Crippen LogP contribution in [0.1, 0.15) is 11.1 Å². The summed E-state index contributed by atoms with van der Waals surface area (Å²) in [6.45, 7) is 3.76. The highest BCUT2D eigenvalue weighted by Crippen LogP contribution is 2.23. The molecule has 7 heteroatoms. The molecule has 0 fully saturated rings. The van der Waals surface area contributed by atoms with Gasteiger partial charge < -0.3 is 14.8 Å². The molecule has 3 aromatic rings. The van der Waals surface area contributed by atoms with Crippen LogP contribution in [0.25, 0.3) is 0 Å². The lowest BCUT2D eigenvalue weighted by Crippen LogP contribution is -2.20. The average Bonchev–Trinajstić information content (AvgIpc) is 2.64. The molecule has 2 N–H and O–H groups in total. The first-order valence-electron chi connectivity index (χ1n) is 8.58. The number of anilines is 2. The van der Waals surface area contributed by atoms with E-state index in [0.29, 0.717) is 11.4 Å². The van der Waals surface area contributed by atoms with Crippen LogP contribution in [0.4, 0.5) is 16.2 Å². The van der Waals surface area contributed by atoms with Crippen LogP contribution in [-0.2, 0) is 10.1 Å². The third-order valence-corrected chi connectivity index (χ3v) is 5.26. The second-order valence-corrected chi connectivity index (χ2v) is 7.82. The fraction of sp³-hybridized carbons (Fsp3) is 0.0952. The summed E-state index contributed by atoms with van der Waals surface area (Å²) in [6.07, 6.45) is 0. The molecule has 0 heterocycles. The van der Waals surface area contributed by atoms with Gasteiger partial charge in [0, 0.05) is 17.4 Å². The lowest BCUT2D eigenvalue weighted by molar-refractivity contribution is 0.262. The number of hydrogen-bond donors (Lipinski definition) is 2. The second-order valence-electron chi connectivity index (χ2n) is 6.27. The van der Waals surface area contributed by atoms with Crippen LogP contribution in [-0.4, -0.2) is 14.4 Å². The summed E-state index contributed by atoms with van der Waals surface area (Å²) in [4.78, 5) is 12.3. The highest BCUT2D eigenvalue weighted by molar-refractivity contribution is 7.87. The van der Waals surface area contributed by atoms with Gasteiger partial charge in [-0.05, 0) is 49.7 Å². The van der Waals surface area contributed by atoms with Crippen molar-refractivity contribution in [1.82, 2.24) is 0 Å². The number of para-hydroxylation sites is 1. The van der Waals surface area contributed by atoms with Crippen molar-refractivity contribution in [2.75, 3.05) is 10.6 Å². The van der Waals surface area contributed by atoms with Crippen molar-refractivity contribution in [2.45, 2.75) is 18.7 Å². The maximum absolute atomic E-state index is 12.4. The number of carbonyl (C=O) groups is 1. The molecule has 2 amide bonds. The Bertz CT molecular complexity index is 1090. The van der Waals surface area contributed by atoms with Gasteiger partial charge in [-0.3, -0.25) is 0 Å². The standard InChI is InChI=1S/C21H20N2O4S/c1-15-10-12-19(13-11-15)28(25,26)27-18-8-5-7-17(14-18)22-21(24)23-20-9-4-3-6-16(20)2/h3-14H,1-2H3,(H2,22,23,24). The topological polar surface area (TPSA) is 84.5 Å². The maximum Gasteiger partial charge on any atom is 0.339 e. The zero-order valence-corrected chi connectivity index (χ0v) is 16.3. The summed E-state index contributed by atoms with van der Waals surface area (Å²) >= 11 is 0. The van der Waals surface area contributed by atoms with E-state index in [2.05, 4.69) is 10.6 Å². The van der Waals surface area contributed by atoms with Crippen molar-refractivity contribution < 1.29 is 17.4 Å². The van der Waals surface area contributed by atoms with Crippen LogP contribution in [0.3, 0.4) is 0 Å². The SMILES string of the molecule is Cc1ccc(S(=O)(=O)Oc2cccc(NC(=O)Nc3ccccc3C)c2)cc1. The van der Waals surface area contributed by atoms with E-state index in [1.807, 2.05) is 32.0 Å². The lowest BCUT2D eigenvalue weighted by Gasteiger charge is -2.11. The molecule has 0 aromatic heterocycles. The first-order chi connectivity index (χ1) is 13.3. The van der Waals surface area contributed by atoms with Crippen LogP contribution in [0.15, 0.2) is 77.7 Å². The fourth-order valence-electron chi connectivity index (χ4n) is 2.50. The second kappa shape index (κ2) is 8.14. The van der Waals surface area contributed by atoms with E-state index in [1.165, 1.54) is 24.3 Å². The molecule has 6 nitrogen and oxygen atoms in total. The third-order valence-electron chi connectivity index (χ3n) is 4.00. The average molecular weight is 396 g/mol. The van der Waals surface area contributed by atoms with Gasteiger partial charge in [0.2, 0.25) is 0 Å². The smallest absolute Gasteiger partial charge is 0.339 e. The highest BCUT2D eigenvalue weighted by atomic mass is 32.2. The number of aryl methyl sites for hydroxylation is 2. The van der Waals surface area contributed by atoms with E-state index in [4.69, 9.17) is 4.18 Å². The monoisotopic (exact) mass is 396 g/mol. The minimum atomic E-state index is -3.96. The van der Waals surface area contributed by atoms with Gasteiger partial charge in [-0.25, -0.2) is 4.79 Å². The number of urea groups is 1. The molecule has 0 aliphatic carbocycles. The predicted molar refractivity (Wildman–Crippen MR) is 109 cm³/mol. The lowest BCUT2D eigenvalue weighted by atomic mass is 10.2. The summed E-state index contributed by atoms with van der Waals surface area (Å²) in [5.41, 5.74) is 2.97. The van der Waals surface area contributed by atoms with E-state index < -0.39 is 16.1 Å². The number of benzene rings is 3. The van der Waals surface area contributed by atoms with Gasteiger partial charge in [0.25, 0.3) is 0 Å². The van der Waals surface area contributed by atoms with Gasteiger partial charge in [0.15, 0.2) is 0 Å². The molecule has 0 saturated heterocycles. The molecule has 0 aliphatic rings. The maximum atomic E-state index is 12.4. The molecule has 0 atom stereocenters. The zero-order valence-electron chi connectivity index (χ0n) is 15.5. The van der Waals surface area contributed by atoms with Crippen molar-refractivity contribution in [2.24, 2.45) is 0 Å². The van der Waals surface area contributed by atoms with Crippen molar-refractivity contribution in [3.63, 3.8) is 0 Å². The zero-order chi connectivity index (χ0) is 20.1. The molecular formula is C21H20N2O4S. The van der Waals surface area contributed by atoms with Crippen molar-refractivity contribution in [3.8, 4) is 5.75 Å². The Morgan fingerprint density at radius 3 is 2.29 bits per heavy atom. The number of hydrogen-bond acceptors (Lipinski definition) is 4. The van der Waals surface area contributed by atoms with E-state index in [9.17, 15) is 13.2 Å². The van der Waals surface area contributed by atoms with Crippen molar-refractivity contribution in [1.29, 1.82) is 0 Å². The van der Waals surface area contributed by atoms with Crippen LogP contribution >= 0.6 is 0 Å². The number of carbonyl (C=O) groups excluding carboxylic acids is 1. The van der Waals surface area contributed by atoms with E-state index in [0.717, 1.165) is 11.1 Å². The van der Waals surface area contributed by atoms with Crippen LogP contribution in [0, 0.1) is 13.8 Å². The molecule has 0 unspecified atom stereocenters. The molecule has 0 saturated carbocycles. The molecule has 0 spiro atoms. The number of amides is 2. The summed E-state index contributed by atoms with van der Waals surface area (Å²) in [5.74, 6) is 0.106. The molecule has 0 radical (unpaired) electrons. The Labute approximate surface area is 164 Å². The van der Waals surface area contributed by atoms with Gasteiger partial charge >= 0.3 is 16.1 Å². The van der Waals surface area contributed by atoms with Gasteiger partial charge in [0.05, 0.1) is 0 Å². The van der Waals surface area contributed by atoms with Crippen LogP contribution < -0.4 is 14.8 Å².